The van der Waals surface area contributed by atoms with Gasteiger partial charge in [0.2, 0.25) is 0 Å². The van der Waals surface area contributed by atoms with Crippen molar-refractivity contribution in [3.63, 3.8) is 0 Å². The SMILES string of the molecule is Cc1cccc(-n2nc(C)c3c4c(cnc32)C(=O)N(CCc2ccccc2)C4=O)c1. The number of aromatic nitrogens is 3. The summed E-state index contributed by atoms with van der Waals surface area (Å²) >= 11 is 0. The Morgan fingerprint density at radius 2 is 1.73 bits per heavy atom. The number of rotatable bonds is 4. The molecule has 6 nitrogen and oxygen atoms in total. The molecule has 2 aromatic carbocycles. The van der Waals surface area contributed by atoms with E-state index in [9.17, 15) is 9.59 Å². The van der Waals surface area contributed by atoms with Gasteiger partial charge >= 0.3 is 0 Å². The van der Waals surface area contributed by atoms with E-state index in [1.54, 1.807) is 4.68 Å². The van der Waals surface area contributed by atoms with Gasteiger partial charge in [-0.3, -0.25) is 14.5 Å². The molecule has 30 heavy (non-hydrogen) atoms. The molecule has 0 atom stereocenters. The van der Waals surface area contributed by atoms with E-state index in [2.05, 4.69) is 10.1 Å². The van der Waals surface area contributed by atoms with Gasteiger partial charge in [-0.15, -0.1) is 0 Å². The largest absolute Gasteiger partial charge is 0.274 e. The van der Waals surface area contributed by atoms with Crippen LogP contribution in [-0.2, 0) is 6.42 Å². The number of nitrogens with zero attached hydrogens (tertiary/aromatic N) is 4. The lowest BCUT2D eigenvalue weighted by Crippen LogP contribution is -2.31. The van der Waals surface area contributed by atoms with Gasteiger partial charge in [-0.2, -0.15) is 5.10 Å². The van der Waals surface area contributed by atoms with Crippen LogP contribution >= 0.6 is 0 Å². The highest BCUT2D eigenvalue weighted by molar-refractivity contribution is 6.26. The van der Waals surface area contributed by atoms with Crippen LogP contribution in [0.25, 0.3) is 16.7 Å². The fourth-order valence-electron chi connectivity index (χ4n) is 4.04. The van der Waals surface area contributed by atoms with Crippen molar-refractivity contribution in [1.29, 1.82) is 0 Å². The number of hydrogen-bond acceptors (Lipinski definition) is 4. The standard InChI is InChI=1S/C24H20N4O2/c1-15-7-6-10-18(13-15)28-22-20(16(2)26-28)21-19(14-25-22)23(29)27(24(21)30)12-11-17-8-4-3-5-9-17/h3-10,13-14H,11-12H2,1-2H3. The van der Waals surface area contributed by atoms with Gasteiger partial charge in [-0.1, -0.05) is 42.5 Å². The lowest BCUT2D eigenvalue weighted by atomic mass is 10.1. The molecule has 0 radical (unpaired) electrons. The van der Waals surface area contributed by atoms with Gasteiger partial charge in [0.05, 0.1) is 27.9 Å². The van der Waals surface area contributed by atoms with Crippen LogP contribution in [0.3, 0.4) is 0 Å². The van der Waals surface area contributed by atoms with E-state index in [0.717, 1.165) is 16.8 Å². The number of carbonyl (C=O) groups excluding carboxylic acids is 2. The van der Waals surface area contributed by atoms with Crippen molar-refractivity contribution in [3.05, 3.63) is 88.7 Å². The molecule has 5 rings (SSSR count). The number of fused-ring (bicyclic) bond motifs is 3. The van der Waals surface area contributed by atoms with E-state index >= 15 is 0 Å². The van der Waals surface area contributed by atoms with Crippen LogP contribution in [0.1, 0.15) is 37.5 Å². The van der Waals surface area contributed by atoms with E-state index in [1.807, 2.05) is 68.4 Å². The molecule has 0 saturated heterocycles. The third-order valence-electron chi connectivity index (χ3n) is 5.52. The molecule has 0 bridgehead atoms. The Morgan fingerprint density at radius 3 is 2.50 bits per heavy atom. The van der Waals surface area contributed by atoms with Crippen molar-refractivity contribution in [3.8, 4) is 5.69 Å². The molecule has 6 heteroatoms. The minimum absolute atomic E-state index is 0.273. The van der Waals surface area contributed by atoms with Crippen LogP contribution in [0.2, 0.25) is 0 Å². The van der Waals surface area contributed by atoms with Crippen LogP contribution in [-0.4, -0.2) is 38.0 Å². The molecule has 148 valence electrons. The predicted molar refractivity (Wildman–Crippen MR) is 114 cm³/mol. The average molecular weight is 396 g/mol. The summed E-state index contributed by atoms with van der Waals surface area (Å²) in [7, 11) is 0. The first-order valence-corrected chi connectivity index (χ1v) is 9.90. The summed E-state index contributed by atoms with van der Waals surface area (Å²) in [6.07, 6.45) is 2.12. The number of imide groups is 1. The van der Waals surface area contributed by atoms with Gasteiger partial charge in [-0.25, -0.2) is 9.67 Å². The first kappa shape index (κ1) is 18.2. The zero-order chi connectivity index (χ0) is 20.8. The summed E-state index contributed by atoms with van der Waals surface area (Å²) in [5.74, 6) is -0.562. The van der Waals surface area contributed by atoms with E-state index < -0.39 is 0 Å². The fraction of sp³-hybridized carbons (Fsp3) is 0.167. The third kappa shape index (κ3) is 2.80. The highest BCUT2D eigenvalue weighted by Crippen LogP contribution is 2.32. The molecule has 0 spiro atoms. The smallest absolute Gasteiger partial charge is 0.263 e. The van der Waals surface area contributed by atoms with Crippen molar-refractivity contribution < 1.29 is 9.59 Å². The lowest BCUT2D eigenvalue weighted by molar-refractivity contribution is 0.0656. The molecular weight excluding hydrogens is 376 g/mol. The van der Waals surface area contributed by atoms with Gasteiger partial charge < -0.3 is 0 Å². The number of hydrogen-bond donors (Lipinski definition) is 0. The lowest BCUT2D eigenvalue weighted by Gasteiger charge is -2.13. The molecule has 2 amide bonds. The topological polar surface area (TPSA) is 68.1 Å². The van der Waals surface area contributed by atoms with Crippen molar-refractivity contribution in [2.24, 2.45) is 0 Å². The third-order valence-corrected chi connectivity index (χ3v) is 5.52. The number of pyridine rings is 1. The van der Waals surface area contributed by atoms with Crippen LogP contribution in [0.4, 0.5) is 0 Å². The molecule has 0 saturated carbocycles. The Bertz CT molecular complexity index is 1310. The van der Waals surface area contributed by atoms with Gasteiger partial charge in [0.1, 0.15) is 0 Å². The first-order valence-electron chi connectivity index (χ1n) is 9.90. The predicted octanol–water partition coefficient (Wildman–Crippen LogP) is 3.88. The molecule has 3 heterocycles. The van der Waals surface area contributed by atoms with Gasteiger partial charge in [-0.05, 0) is 43.5 Å². The summed E-state index contributed by atoms with van der Waals surface area (Å²) in [6.45, 7) is 4.20. The molecule has 4 aromatic rings. The Balaban J connectivity index is 1.56. The molecular formula is C24H20N4O2. The highest BCUT2D eigenvalue weighted by Gasteiger charge is 2.38. The minimum Gasteiger partial charge on any atom is -0.274 e. The maximum Gasteiger partial charge on any atom is 0.263 e. The van der Waals surface area contributed by atoms with Crippen LogP contribution in [0.15, 0.2) is 60.8 Å². The fourth-order valence-corrected chi connectivity index (χ4v) is 4.04. The molecule has 0 N–H and O–H groups in total. The number of carbonyl (C=O) groups is 2. The van der Waals surface area contributed by atoms with Gasteiger partial charge in [0.25, 0.3) is 11.8 Å². The zero-order valence-electron chi connectivity index (χ0n) is 16.8. The molecule has 0 unspecified atom stereocenters. The number of aryl methyl sites for hydroxylation is 2. The normalized spacial score (nSPS) is 13.3. The quantitative estimate of drug-likeness (QED) is 0.491. The Kier molecular flexibility index (Phi) is 4.20. The van der Waals surface area contributed by atoms with E-state index in [1.165, 1.54) is 11.1 Å². The summed E-state index contributed by atoms with van der Waals surface area (Å²) in [4.78, 5) is 32.0. The molecule has 2 aromatic heterocycles. The van der Waals surface area contributed by atoms with Crippen LogP contribution in [0, 0.1) is 13.8 Å². The van der Waals surface area contributed by atoms with Crippen molar-refractivity contribution in [2.45, 2.75) is 20.3 Å². The second kappa shape index (κ2) is 6.91. The van der Waals surface area contributed by atoms with Crippen molar-refractivity contribution in [1.82, 2.24) is 19.7 Å². The second-order valence-corrected chi connectivity index (χ2v) is 7.58. The van der Waals surface area contributed by atoms with Crippen LogP contribution < -0.4 is 0 Å². The molecule has 0 aliphatic carbocycles. The summed E-state index contributed by atoms with van der Waals surface area (Å²) in [5.41, 5.74) is 5.10. The Labute approximate surface area is 173 Å². The maximum absolute atomic E-state index is 13.2. The monoisotopic (exact) mass is 396 g/mol. The number of amides is 2. The maximum atomic E-state index is 13.2. The number of benzene rings is 2. The molecule has 1 aliphatic heterocycles. The summed E-state index contributed by atoms with van der Waals surface area (Å²) in [6, 6.07) is 17.8. The Hall–Kier alpha value is -3.80. The highest BCUT2D eigenvalue weighted by atomic mass is 16.2. The van der Waals surface area contributed by atoms with E-state index in [-0.39, 0.29) is 11.8 Å². The second-order valence-electron chi connectivity index (χ2n) is 7.58. The van der Waals surface area contributed by atoms with E-state index in [4.69, 9.17) is 0 Å². The van der Waals surface area contributed by atoms with Crippen molar-refractivity contribution >= 4 is 22.8 Å². The molecule has 0 fully saturated rings. The Morgan fingerprint density at radius 1 is 0.933 bits per heavy atom. The zero-order valence-corrected chi connectivity index (χ0v) is 16.8. The summed E-state index contributed by atoms with van der Waals surface area (Å²) in [5, 5.41) is 5.28. The minimum atomic E-state index is -0.289. The van der Waals surface area contributed by atoms with Gasteiger partial charge in [0.15, 0.2) is 5.65 Å². The van der Waals surface area contributed by atoms with Crippen molar-refractivity contribution in [2.75, 3.05) is 6.54 Å². The average Bonchev–Trinajstić information content (AvgIpc) is 3.21. The first-order chi connectivity index (χ1) is 14.5. The molecule has 1 aliphatic rings. The van der Waals surface area contributed by atoms with Crippen LogP contribution in [0.5, 0.6) is 0 Å². The van der Waals surface area contributed by atoms with E-state index in [0.29, 0.717) is 40.8 Å². The summed E-state index contributed by atoms with van der Waals surface area (Å²) < 4.78 is 1.74. The van der Waals surface area contributed by atoms with Gasteiger partial charge in [0, 0.05) is 12.7 Å².